The summed E-state index contributed by atoms with van der Waals surface area (Å²) in [5, 5.41) is 22.3. The second kappa shape index (κ2) is 4.85. The molecule has 0 aliphatic carbocycles. The summed E-state index contributed by atoms with van der Waals surface area (Å²) in [6.45, 7) is 0. The maximum Gasteiger partial charge on any atom is 0.354 e. The zero-order valence-corrected chi connectivity index (χ0v) is 11.2. The van der Waals surface area contributed by atoms with E-state index in [0.29, 0.717) is 10.9 Å². The fourth-order valence-corrected chi connectivity index (χ4v) is 2.73. The average Bonchev–Trinajstić information content (AvgIpc) is 2.99. The molecule has 0 saturated heterocycles. The second-order valence-electron chi connectivity index (χ2n) is 4.21. The maximum atomic E-state index is 11.5. The van der Waals surface area contributed by atoms with E-state index in [9.17, 15) is 14.9 Å². The van der Waals surface area contributed by atoms with Gasteiger partial charge in [0.1, 0.15) is 11.6 Å². The van der Waals surface area contributed by atoms with Gasteiger partial charge >= 0.3 is 11.3 Å². The average molecular weight is 298 g/mol. The standard InChI is InChI=1S/C14H6N2O4S/c15-7-10-5-9-4-8(12-2-1-3-21-12)6-11(16(18)19)13(9)20-14(10)17/h1-6H. The van der Waals surface area contributed by atoms with E-state index < -0.39 is 10.5 Å². The Hall–Kier alpha value is -2.98. The third-order valence-corrected chi connectivity index (χ3v) is 3.85. The van der Waals surface area contributed by atoms with E-state index in [1.165, 1.54) is 23.5 Å². The molecule has 0 aliphatic heterocycles. The number of nitro groups is 1. The quantitative estimate of drug-likeness (QED) is 0.410. The molecule has 7 heteroatoms. The SMILES string of the molecule is N#Cc1cc2cc(-c3cccs3)cc([N+](=O)[O-])c2oc1=O. The molecule has 0 spiro atoms. The minimum atomic E-state index is -0.878. The van der Waals surface area contributed by atoms with Gasteiger partial charge in [-0.15, -0.1) is 11.3 Å². The van der Waals surface area contributed by atoms with Gasteiger partial charge in [0, 0.05) is 16.3 Å². The summed E-state index contributed by atoms with van der Waals surface area (Å²) in [6.07, 6.45) is 0. The molecule has 0 atom stereocenters. The molecular formula is C14H6N2O4S. The van der Waals surface area contributed by atoms with E-state index in [4.69, 9.17) is 9.68 Å². The van der Waals surface area contributed by atoms with Crippen molar-refractivity contribution in [3.63, 3.8) is 0 Å². The van der Waals surface area contributed by atoms with Crippen LogP contribution in [0.5, 0.6) is 0 Å². The topological polar surface area (TPSA) is 97.1 Å². The van der Waals surface area contributed by atoms with Gasteiger partial charge in [-0.3, -0.25) is 10.1 Å². The molecule has 2 aromatic heterocycles. The van der Waals surface area contributed by atoms with Crippen molar-refractivity contribution in [3.8, 4) is 16.5 Å². The normalized spacial score (nSPS) is 10.4. The highest BCUT2D eigenvalue weighted by Gasteiger charge is 2.19. The fraction of sp³-hybridized carbons (Fsp3) is 0. The van der Waals surface area contributed by atoms with Gasteiger partial charge in [-0.25, -0.2) is 4.79 Å². The number of thiophene rings is 1. The van der Waals surface area contributed by atoms with Crippen molar-refractivity contribution < 1.29 is 9.34 Å². The lowest BCUT2D eigenvalue weighted by Crippen LogP contribution is -2.04. The van der Waals surface area contributed by atoms with Crippen LogP contribution < -0.4 is 5.63 Å². The molecule has 0 unspecified atom stereocenters. The summed E-state index contributed by atoms with van der Waals surface area (Å²) in [5.74, 6) is 0. The zero-order valence-electron chi connectivity index (χ0n) is 10.4. The van der Waals surface area contributed by atoms with Gasteiger partial charge in [0.2, 0.25) is 5.58 Å². The first-order valence-corrected chi connectivity index (χ1v) is 6.68. The number of non-ortho nitro benzene ring substituents is 1. The van der Waals surface area contributed by atoms with Crippen molar-refractivity contribution in [3.05, 3.63) is 61.8 Å². The van der Waals surface area contributed by atoms with Crippen LogP contribution in [0.25, 0.3) is 21.4 Å². The largest absolute Gasteiger partial charge is 0.414 e. The molecule has 3 rings (SSSR count). The number of rotatable bonds is 2. The van der Waals surface area contributed by atoms with E-state index in [1.807, 2.05) is 17.5 Å². The Bertz CT molecular complexity index is 951. The molecule has 3 aromatic rings. The van der Waals surface area contributed by atoms with Crippen molar-refractivity contribution >= 4 is 28.0 Å². The van der Waals surface area contributed by atoms with Crippen molar-refractivity contribution in [1.82, 2.24) is 0 Å². The van der Waals surface area contributed by atoms with Crippen LogP contribution in [-0.2, 0) is 0 Å². The molecule has 0 radical (unpaired) electrons. The number of nitro benzene ring substituents is 1. The third-order valence-electron chi connectivity index (χ3n) is 2.94. The molecule has 0 saturated carbocycles. The minimum Gasteiger partial charge on any atom is -0.414 e. The van der Waals surface area contributed by atoms with E-state index in [0.717, 1.165) is 4.88 Å². The Morgan fingerprint density at radius 3 is 2.76 bits per heavy atom. The number of benzene rings is 1. The van der Waals surface area contributed by atoms with Gasteiger partial charge in [0.15, 0.2) is 0 Å². The molecule has 21 heavy (non-hydrogen) atoms. The number of hydrogen-bond donors (Lipinski definition) is 0. The summed E-state index contributed by atoms with van der Waals surface area (Å²) in [4.78, 5) is 23.0. The summed E-state index contributed by atoms with van der Waals surface area (Å²) in [7, 11) is 0. The van der Waals surface area contributed by atoms with Gasteiger partial charge in [-0.2, -0.15) is 5.26 Å². The number of hydrogen-bond acceptors (Lipinski definition) is 6. The second-order valence-corrected chi connectivity index (χ2v) is 5.16. The van der Waals surface area contributed by atoms with E-state index in [-0.39, 0.29) is 16.8 Å². The lowest BCUT2D eigenvalue weighted by Gasteiger charge is -2.03. The molecule has 102 valence electrons. The molecule has 0 bridgehead atoms. The molecule has 0 aliphatic rings. The van der Waals surface area contributed by atoms with Gasteiger partial charge in [-0.05, 0) is 29.1 Å². The zero-order chi connectivity index (χ0) is 15.0. The van der Waals surface area contributed by atoms with Gasteiger partial charge < -0.3 is 4.42 Å². The van der Waals surface area contributed by atoms with E-state index in [1.54, 1.807) is 12.1 Å². The highest BCUT2D eigenvalue weighted by molar-refractivity contribution is 7.13. The molecular weight excluding hydrogens is 292 g/mol. The van der Waals surface area contributed by atoms with E-state index >= 15 is 0 Å². The first-order valence-electron chi connectivity index (χ1n) is 5.80. The molecule has 0 amide bonds. The Balaban J connectivity index is 2.41. The van der Waals surface area contributed by atoms with Crippen LogP contribution >= 0.6 is 11.3 Å². The predicted octanol–water partition coefficient (Wildman–Crippen LogP) is 3.30. The van der Waals surface area contributed by atoms with Crippen LogP contribution in [0, 0.1) is 21.4 Å². The summed E-state index contributed by atoms with van der Waals surface area (Å²) >= 11 is 1.44. The molecule has 0 fully saturated rings. The Morgan fingerprint density at radius 1 is 1.33 bits per heavy atom. The summed E-state index contributed by atoms with van der Waals surface area (Å²) in [6, 6.07) is 9.72. The first-order chi connectivity index (χ1) is 10.1. The molecule has 1 aromatic carbocycles. The smallest absolute Gasteiger partial charge is 0.354 e. The van der Waals surface area contributed by atoms with Crippen molar-refractivity contribution in [2.24, 2.45) is 0 Å². The number of nitrogens with zero attached hydrogens (tertiary/aromatic N) is 2. The maximum absolute atomic E-state index is 11.5. The van der Waals surface area contributed by atoms with Crippen LogP contribution in [0.1, 0.15) is 5.56 Å². The third kappa shape index (κ3) is 2.17. The Morgan fingerprint density at radius 2 is 2.14 bits per heavy atom. The van der Waals surface area contributed by atoms with Crippen molar-refractivity contribution in [2.75, 3.05) is 0 Å². The van der Waals surface area contributed by atoms with Gasteiger partial charge in [0.25, 0.3) is 0 Å². The highest BCUT2D eigenvalue weighted by atomic mass is 32.1. The molecule has 0 N–H and O–H groups in total. The van der Waals surface area contributed by atoms with Crippen LogP contribution in [-0.4, -0.2) is 4.92 Å². The number of fused-ring (bicyclic) bond motifs is 1. The monoisotopic (exact) mass is 298 g/mol. The Kier molecular flexibility index (Phi) is 3.01. The lowest BCUT2D eigenvalue weighted by molar-refractivity contribution is -0.383. The van der Waals surface area contributed by atoms with Crippen LogP contribution in [0.15, 0.2) is 44.9 Å². The Labute approximate surface area is 121 Å². The van der Waals surface area contributed by atoms with Crippen molar-refractivity contribution in [2.45, 2.75) is 0 Å². The van der Waals surface area contributed by atoms with Crippen molar-refractivity contribution in [1.29, 1.82) is 5.26 Å². The highest BCUT2D eigenvalue weighted by Crippen LogP contribution is 2.33. The molecule has 2 heterocycles. The molecule has 6 nitrogen and oxygen atoms in total. The predicted molar refractivity (Wildman–Crippen MR) is 77.2 cm³/mol. The minimum absolute atomic E-state index is 0.121. The number of nitriles is 1. The van der Waals surface area contributed by atoms with Gasteiger partial charge in [0.05, 0.1) is 4.92 Å². The van der Waals surface area contributed by atoms with Crippen LogP contribution in [0.3, 0.4) is 0 Å². The van der Waals surface area contributed by atoms with Gasteiger partial charge in [-0.1, -0.05) is 6.07 Å². The van der Waals surface area contributed by atoms with E-state index in [2.05, 4.69) is 0 Å². The summed E-state index contributed by atoms with van der Waals surface area (Å²) in [5.41, 5.74) is -0.833. The van der Waals surface area contributed by atoms with Crippen LogP contribution in [0.4, 0.5) is 5.69 Å². The lowest BCUT2D eigenvalue weighted by atomic mass is 10.1. The summed E-state index contributed by atoms with van der Waals surface area (Å²) < 4.78 is 4.93. The van der Waals surface area contributed by atoms with Crippen LogP contribution in [0.2, 0.25) is 0 Å². The fourth-order valence-electron chi connectivity index (χ4n) is 2.01. The first kappa shape index (κ1) is 13.0.